The minimum atomic E-state index is -4.41. The van der Waals surface area contributed by atoms with Crippen LogP contribution in [-0.2, 0) is 0 Å². The van der Waals surface area contributed by atoms with Crippen molar-refractivity contribution in [2.45, 2.75) is 13.1 Å². The van der Waals surface area contributed by atoms with E-state index in [9.17, 15) is 13.2 Å². The minimum absolute atomic E-state index is 0.424. The second-order valence-corrected chi connectivity index (χ2v) is 2.16. The number of rotatable bonds is 3. The van der Waals surface area contributed by atoms with E-state index in [0.29, 0.717) is 12.6 Å². The van der Waals surface area contributed by atoms with Gasteiger partial charge in [0.2, 0.25) is 0 Å². The monoisotopic (exact) mass is 180 g/mol. The molecule has 0 heterocycles. The van der Waals surface area contributed by atoms with Gasteiger partial charge >= 0.3 is 6.18 Å². The van der Waals surface area contributed by atoms with Gasteiger partial charge in [0.25, 0.3) is 0 Å². The van der Waals surface area contributed by atoms with Crippen molar-refractivity contribution in [3.63, 3.8) is 0 Å². The van der Waals surface area contributed by atoms with Crippen LogP contribution in [0.3, 0.4) is 0 Å². The van der Waals surface area contributed by atoms with Crippen molar-refractivity contribution in [1.82, 2.24) is 5.01 Å². The zero-order valence-electron chi connectivity index (χ0n) is 7.02. The van der Waals surface area contributed by atoms with E-state index in [4.69, 9.17) is 0 Å². The van der Waals surface area contributed by atoms with E-state index < -0.39 is 11.9 Å². The zero-order valence-corrected chi connectivity index (χ0v) is 7.02. The van der Waals surface area contributed by atoms with Crippen molar-refractivity contribution in [3.05, 3.63) is 12.7 Å². The fourth-order valence-corrected chi connectivity index (χ4v) is 0.468. The van der Waals surface area contributed by atoms with Gasteiger partial charge in [0, 0.05) is 13.6 Å². The lowest BCUT2D eigenvalue weighted by Crippen LogP contribution is -2.24. The first-order chi connectivity index (χ1) is 5.41. The Bertz CT molecular complexity index is 184. The lowest BCUT2D eigenvalue weighted by atomic mass is 10.4. The van der Waals surface area contributed by atoms with Gasteiger partial charge in [-0.25, -0.2) is 0 Å². The lowest BCUT2D eigenvalue weighted by Gasteiger charge is -2.12. The molecule has 70 valence electrons. The number of halogens is 3. The highest BCUT2D eigenvalue weighted by molar-refractivity contribution is 5.98. The Hall–Kier alpha value is -1.00. The van der Waals surface area contributed by atoms with Crippen molar-refractivity contribution >= 4 is 5.71 Å². The Kier molecular flexibility index (Phi) is 3.79. The molecule has 0 N–H and O–H groups in total. The third-order valence-electron chi connectivity index (χ3n) is 1.22. The molecule has 0 spiro atoms. The molecule has 0 saturated carbocycles. The van der Waals surface area contributed by atoms with Crippen molar-refractivity contribution in [1.29, 1.82) is 0 Å². The summed E-state index contributed by atoms with van der Waals surface area (Å²) in [5, 5.41) is 4.49. The van der Waals surface area contributed by atoms with Crippen LogP contribution in [0.1, 0.15) is 6.92 Å². The van der Waals surface area contributed by atoms with E-state index in [1.807, 2.05) is 0 Å². The average Bonchev–Trinajstić information content (AvgIpc) is 1.97. The van der Waals surface area contributed by atoms with E-state index in [-0.39, 0.29) is 0 Å². The maximum atomic E-state index is 12.0. The van der Waals surface area contributed by atoms with Crippen LogP contribution in [0.2, 0.25) is 0 Å². The lowest BCUT2D eigenvalue weighted by molar-refractivity contribution is -0.0589. The molecule has 0 radical (unpaired) electrons. The molecule has 0 unspecified atom stereocenters. The van der Waals surface area contributed by atoms with E-state index in [1.165, 1.54) is 12.1 Å². The Balaban J connectivity index is 4.55. The van der Waals surface area contributed by atoms with Gasteiger partial charge < -0.3 is 0 Å². The predicted octanol–water partition coefficient (Wildman–Crippen LogP) is 2.04. The number of allylic oxidation sites excluding steroid dienone is 1. The summed E-state index contributed by atoms with van der Waals surface area (Å²) in [4.78, 5) is 0. The highest BCUT2D eigenvalue weighted by Gasteiger charge is 2.33. The molecule has 0 aromatic heterocycles. The summed E-state index contributed by atoms with van der Waals surface area (Å²) in [6.45, 7) is 5.17. The molecule has 0 rings (SSSR count). The number of hydrazone groups is 1. The number of hydrogen-bond acceptors (Lipinski definition) is 2. The summed E-state index contributed by atoms with van der Waals surface area (Å²) < 4.78 is 36.0. The van der Waals surface area contributed by atoms with Crippen LogP contribution in [0.15, 0.2) is 17.8 Å². The maximum absolute atomic E-state index is 12.0. The molecular weight excluding hydrogens is 169 g/mol. The van der Waals surface area contributed by atoms with E-state index in [2.05, 4.69) is 11.7 Å². The molecule has 0 aliphatic heterocycles. The summed E-state index contributed by atoms with van der Waals surface area (Å²) in [6.07, 6.45) is -3.71. The number of hydrogen-bond donors (Lipinski definition) is 0. The van der Waals surface area contributed by atoms with Gasteiger partial charge in [-0.2, -0.15) is 18.3 Å². The van der Waals surface area contributed by atoms with E-state index in [1.54, 1.807) is 6.92 Å². The molecule has 0 fully saturated rings. The second-order valence-electron chi connectivity index (χ2n) is 2.16. The van der Waals surface area contributed by atoms with Crippen LogP contribution < -0.4 is 0 Å². The highest BCUT2D eigenvalue weighted by atomic mass is 19.4. The van der Waals surface area contributed by atoms with Crippen LogP contribution in [0, 0.1) is 0 Å². The van der Waals surface area contributed by atoms with Crippen LogP contribution in [-0.4, -0.2) is 30.5 Å². The van der Waals surface area contributed by atoms with Gasteiger partial charge in [-0.15, -0.1) is 0 Å². The van der Waals surface area contributed by atoms with Crippen LogP contribution in [0.25, 0.3) is 0 Å². The quantitative estimate of drug-likeness (QED) is 0.479. The first-order valence-corrected chi connectivity index (χ1v) is 3.41. The topological polar surface area (TPSA) is 15.6 Å². The summed E-state index contributed by atoms with van der Waals surface area (Å²) in [5.41, 5.74) is -0.966. The minimum Gasteiger partial charge on any atom is -0.300 e. The number of nitrogens with zero attached hydrogens (tertiary/aromatic N) is 2. The van der Waals surface area contributed by atoms with E-state index >= 15 is 0 Å². The molecule has 0 aliphatic rings. The second kappa shape index (κ2) is 4.13. The van der Waals surface area contributed by atoms with Gasteiger partial charge in [0.15, 0.2) is 5.71 Å². The summed E-state index contributed by atoms with van der Waals surface area (Å²) in [7, 11) is 1.47. The molecule has 0 aliphatic carbocycles. The molecule has 0 bridgehead atoms. The SMILES string of the molecule is C=C/C(=N\N(C)CC)C(F)(F)F. The van der Waals surface area contributed by atoms with Crippen LogP contribution in [0.5, 0.6) is 0 Å². The molecule has 12 heavy (non-hydrogen) atoms. The molecule has 2 nitrogen and oxygen atoms in total. The first-order valence-electron chi connectivity index (χ1n) is 3.41. The Morgan fingerprint density at radius 2 is 2.08 bits per heavy atom. The van der Waals surface area contributed by atoms with Crippen LogP contribution >= 0.6 is 0 Å². The van der Waals surface area contributed by atoms with Gasteiger partial charge in [0.1, 0.15) is 0 Å². The molecule has 0 aromatic rings. The van der Waals surface area contributed by atoms with Crippen molar-refractivity contribution in [3.8, 4) is 0 Å². The third-order valence-corrected chi connectivity index (χ3v) is 1.22. The van der Waals surface area contributed by atoms with Crippen molar-refractivity contribution in [2.24, 2.45) is 5.10 Å². The standard InChI is InChI=1S/C7H11F3N2/c1-4-6(7(8,9)10)11-12(3)5-2/h4H,1,5H2,2-3H3/b11-6+. The fourth-order valence-electron chi connectivity index (χ4n) is 0.468. The highest BCUT2D eigenvalue weighted by Crippen LogP contribution is 2.18. The Morgan fingerprint density at radius 1 is 1.58 bits per heavy atom. The van der Waals surface area contributed by atoms with Gasteiger partial charge in [-0.05, 0) is 13.0 Å². The van der Waals surface area contributed by atoms with Crippen LogP contribution in [0.4, 0.5) is 13.2 Å². The fraction of sp³-hybridized carbons (Fsp3) is 0.571. The molecule has 0 amide bonds. The maximum Gasteiger partial charge on any atom is 0.435 e. The smallest absolute Gasteiger partial charge is 0.300 e. The summed E-state index contributed by atoms with van der Waals surface area (Å²) >= 11 is 0. The molecule has 0 atom stereocenters. The third kappa shape index (κ3) is 3.41. The summed E-state index contributed by atoms with van der Waals surface area (Å²) in [6, 6.07) is 0. The molecule has 0 saturated heterocycles. The van der Waals surface area contributed by atoms with Gasteiger partial charge in [0.05, 0.1) is 0 Å². The Labute approximate surface area is 69.4 Å². The molecule has 0 aromatic carbocycles. The van der Waals surface area contributed by atoms with Crippen molar-refractivity contribution < 1.29 is 13.2 Å². The molecular formula is C7H11F3N2. The first kappa shape index (κ1) is 11.0. The zero-order chi connectivity index (χ0) is 9.78. The predicted molar refractivity (Wildman–Crippen MR) is 42.0 cm³/mol. The van der Waals surface area contributed by atoms with Crippen molar-refractivity contribution in [2.75, 3.05) is 13.6 Å². The number of alkyl halides is 3. The molecule has 5 heteroatoms. The van der Waals surface area contributed by atoms with Gasteiger partial charge in [-0.3, -0.25) is 5.01 Å². The normalized spacial score (nSPS) is 12.9. The summed E-state index contributed by atoms with van der Waals surface area (Å²) in [5.74, 6) is 0. The average molecular weight is 180 g/mol. The van der Waals surface area contributed by atoms with Gasteiger partial charge in [-0.1, -0.05) is 6.58 Å². The Morgan fingerprint density at radius 3 is 2.33 bits per heavy atom. The largest absolute Gasteiger partial charge is 0.435 e. The van der Waals surface area contributed by atoms with E-state index in [0.717, 1.165) is 0 Å².